The zero-order valence-electron chi connectivity index (χ0n) is 10.0. The standard InChI is InChI=1S/C12H10F3NO4/c13-7-2-1-6(9(14)10(7)15)11(18)16-4-5(17)3-8(16)12(19)20/h1-2,5,8,17H,3-4H2,(H,19,20)/t5-,8+/m1/s1. The summed E-state index contributed by atoms with van der Waals surface area (Å²) in [4.78, 5) is 23.7. The third kappa shape index (κ3) is 2.34. The summed E-state index contributed by atoms with van der Waals surface area (Å²) in [6, 6.07) is -0.0156. The number of β-amino-alcohol motifs (C(OH)–C–C–N with tert-alkyl or cyclic N) is 1. The highest BCUT2D eigenvalue weighted by Crippen LogP contribution is 2.23. The number of nitrogens with zero attached hydrogens (tertiary/aromatic N) is 1. The van der Waals surface area contributed by atoms with Gasteiger partial charge in [-0.1, -0.05) is 0 Å². The van der Waals surface area contributed by atoms with Gasteiger partial charge in [-0.05, 0) is 12.1 Å². The molecule has 5 nitrogen and oxygen atoms in total. The van der Waals surface area contributed by atoms with Crippen LogP contribution in [-0.4, -0.2) is 45.7 Å². The number of halogens is 3. The maximum absolute atomic E-state index is 13.5. The number of amides is 1. The minimum absolute atomic E-state index is 0.202. The van der Waals surface area contributed by atoms with Crippen molar-refractivity contribution in [2.24, 2.45) is 0 Å². The molecule has 2 atom stereocenters. The minimum Gasteiger partial charge on any atom is -0.480 e. The molecule has 1 saturated heterocycles. The van der Waals surface area contributed by atoms with Crippen molar-refractivity contribution in [2.75, 3.05) is 6.54 Å². The number of carbonyl (C=O) groups excluding carboxylic acids is 1. The van der Waals surface area contributed by atoms with E-state index in [9.17, 15) is 27.9 Å². The van der Waals surface area contributed by atoms with Gasteiger partial charge in [0.2, 0.25) is 0 Å². The summed E-state index contributed by atoms with van der Waals surface area (Å²) in [5.41, 5.74) is -0.774. The van der Waals surface area contributed by atoms with Crippen LogP contribution in [0.5, 0.6) is 0 Å². The van der Waals surface area contributed by atoms with Gasteiger partial charge < -0.3 is 15.1 Å². The second-order valence-corrected chi connectivity index (χ2v) is 4.42. The smallest absolute Gasteiger partial charge is 0.326 e. The predicted molar refractivity (Wildman–Crippen MR) is 59.4 cm³/mol. The molecule has 1 aliphatic rings. The van der Waals surface area contributed by atoms with Crippen LogP contribution in [0.15, 0.2) is 12.1 Å². The van der Waals surface area contributed by atoms with Crippen molar-refractivity contribution in [3.63, 3.8) is 0 Å². The number of aliphatic hydroxyl groups is 1. The summed E-state index contributed by atoms with van der Waals surface area (Å²) in [6.07, 6.45) is -1.26. The van der Waals surface area contributed by atoms with Crippen LogP contribution in [0.2, 0.25) is 0 Å². The average molecular weight is 289 g/mol. The number of aliphatic hydroxyl groups excluding tert-OH is 1. The van der Waals surface area contributed by atoms with Crippen molar-refractivity contribution in [2.45, 2.75) is 18.6 Å². The fraction of sp³-hybridized carbons (Fsp3) is 0.333. The highest BCUT2D eigenvalue weighted by molar-refractivity contribution is 5.97. The van der Waals surface area contributed by atoms with E-state index in [0.717, 1.165) is 11.0 Å². The first kappa shape index (κ1) is 14.3. The second kappa shape index (κ2) is 5.12. The SMILES string of the molecule is O=C(O)[C@@H]1C[C@@H](O)CN1C(=O)c1ccc(F)c(F)c1F. The van der Waals surface area contributed by atoms with E-state index < -0.39 is 47.0 Å². The number of carbonyl (C=O) groups is 2. The van der Waals surface area contributed by atoms with Crippen LogP contribution in [0, 0.1) is 17.5 Å². The molecule has 1 aliphatic heterocycles. The van der Waals surface area contributed by atoms with Crippen LogP contribution in [0.3, 0.4) is 0 Å². The number of rotatable bonds is 2. The Kier molecular flexibility index (Phi) is 3.67. The lowest BCUT2D eigenvalue weighted by Crippen LogP contribution is -2.41. The van der Waals surface area contributed by atoms with Gasteiger partial charge in [-0.3, -0.25) is 4.79 Å². The van der Waals surface area contributed by atoms with E-state index in [4.69, 9.17) is 5.11 Å². The Morgan fingerprint density at radius 3 is 2.45 bits per heavy atom. The monoisotopic (exact) mass is 289 g/mol. The Bertz CT molecular complexity index is 578. The molecule has 0 saturated carbocycles. The molecular weight excluding hydrogens is 279 g/mol. The van der Waals surface area contributed by atoms with Crippen LogP contribution >= 0.6 is 0 Å². The normalized spacial score (nSPS) is 22.1. The van der Waals surface area contributed by atoms with Crippen molar-refractivity contribution >= 4 is 11.9 Å². The Hall–Kier alpha value is -2.09. The molecule has 0 radical (unpaired) electrons. The van der Waals surface area contributed by atoms with Gasteiger partial charge >= 0.3 is 5.97 Å². The maximum atomic E-state index is 13.5. The van der Waals surface area contributed by atoms with Gasteiger partial charge in [-0.2, -0.15) is 0 Å². The van der Waals surface area contributed by atoms with E-state index in [1.807, 2.05) is 0 Å². The summed E-state index contributed by atoms with van der Waals surface area (Å²) in [6.45, 7) is -0.311. The maximum Gasteiger partial charge on any atom is 0.326 e. The fourth-order valence-corrected chi connectivity index (χ4v) is 2.12. The van der Waals surface area contributed by atoms with E-state index in [1.54, 1.807) is 0 Å². The first-order chi connectivity index (χ1) is 9.32. The number of likely N-dealkylation sites (tertiary alicyclic amines) is 1. The Labute approximate surface area is 111 Å². The second-order valence-electron chi connectivity index (χ2n) is 4.42. The van der Waals surface area contributed by atoms with Crippen LogP contribution < -0.4 is 0 Å². The van der Waals surface area contributed by atoms with Gasteiger partial charge in [0.25, 0.3) is 5.91 Å². The average Bonchev–Trinajstić information content (AvgIpc) is 2.78. The number of benzene rings is 1. The summed E-state index contributed by atoms with van der Waals surface area (Å²) in [7, 11) is 0. The van der Waals surface area contributed by atoms with Crippen LogP contribution in [0.4, 0.5) is 13.2 Å². The number of carboxylic acids is 1. The Morgan fingerprint density at radius 1 is 1.20 bits per heavy atom. The van der Waals surface area contributed by atoms with Crippen molar-refractivity contribution in [1.82, 2.24) is 4.90 Å². The zero-order valence-corrected chi connectivity index (χ0v) is 10.0. The molecular formula is C12H10F3NO4. The highest BCUT2D eigenvalue weighted by atomic mass is 19.2. The van der Waals surface area contributed by atoms with E-state index in [2.05, 4.69) is 0 Å². The number of aliphatic carboxylic acids is 1. The lowest BCUT2D eigenvalue weighted by Gasteiger charge is -2.21. The quantitative estimate of drug-likeness (QED) is 0.788. The highest BCUT2D eigenvalue weighted by Gasteiger charge is 2.40. The van der Waals surface area contributed by atoms with Crippen molar-refractivity contribution in [3.8, 4) is 0 Å². The van der Waals surface area contributed by atoms with Crippen molar-refractivity contribution in [1.29, 1.82) is 0 Å². The Balaban J connectivity index is 2.36. The molecule has 0 spiro atoms. The summed E-state index contributed by atoms with van der Waals surface area (Å²) in [5.74, 6) is -7.40. The van der Waals surface area contributed by atoms with E-state index in [0.29, 0.717) is 6.07 Å². The lowest BCUT2D eigenvalue weighted by molar-refractivity contribution is -0.141. The molecule has 1 heterocycles. The van der Waals surface area contributed by atoms with Gasteiger partial charge in [0.05, 0.1) is 11.7 Å². The molecule has 2 N–H and O–H groups in total. The first-order valence-electron chi connectivity index (χ1n) is 5.68. The third-order valence-electron chi connectivity index (χ3n) is 3.09. The molecule has 0 aliphatic carbocycles. The predicted octanol–water partition coefficient (Wildman–Crippen LogP) is 0.764. The minimum atomic E-state index is -1.80. The first-order valence-corrected chi connectivity index (χ1v) is 5.68. The molecule has 20 heavy (non-hydrogen) atoms. The van der Waals surface area contributed by atoms with Crippen LogP contribution in [0.25, 0.3) is 0 Å². The molecule has 1 aromatic carbocycles. The molecule has 1 amide bonds. The van der Waals surface area contributed by atoms with Crippen molar-refractivity contribution < 1.29 is 33.0 Å². The molecule has 2 rings (SSSR count). The molecule has 1 aromatic rings. The van der Waals surface area contributed by atoms with Gasteiger partial charge in [0.1, 0.15) is 6.04 Å². The van der Waals surface area contributed by atoms with Gasteiger partial charge in [0, 0.05) is 13.0 Å². The number of hydrogen-bond acceptors (Lipinski definition) is 3. The zero-order chi connectivity index (χ0) is 15.0. The van der Waals surface area contributed by atoms with E-state index in [-0.39, 0.29) is 13.0 Å². The largest absolute Gasteiger partial charge is 0.480 e. The van der Waals surface area contributed by atoms with Crippen molar-refractivity contribution in [3.05, 3.63) is 35.1 Å². The van der Waals surface area contributed by atoms with Gasteiger partial charge in [-0.25, -0.2) is 18.0 Å². The molecule has 1 fully saturated rings. The number of hydrogen-bond donors (Lipinski definition) is 2. The fourth-order valence-electron chi connectivity index (χ4n) is 2.12. The topological polar surface area (TPSA) is 77.8 Å². The van der Waals surface area contributed by atoms with Gasteiger partial charge in [0.15, 0.2) is 17.5 Å². The lowest BCUT2D eigenvalue weighted by atomic mass is 10.1. The third-order valence-corrected chi connectivity index (χ3v) is 3.09. The van der Waals surface area contributed by atoms with Gasteiger partial charge in [-0.15, -0.1) is 0 Å². The summed E-state index contributed by atoms with van der Waals surface area (Å²) >= 11 is 0. The van der Waals surface area contributed by atoms with Crippen LogP contribution in [-0.2, 0) is 4.79 Å². The van der Waals surface area contributed by atoms with E-state index in [1.165, 1.54) is 0 Å². The molecule has 108 valence electrons. The molecule has 0 bridgehead atoms. The summed E-state index contributed by atoms with van der Waals surface area (Å²) < 4.78 is 39.4. The van der Waals surface area contributed by atoms with E-state index >= 15 is 0 Å². The molecule has 8 heteroatoms. The molecule has 0 unspecified atom stereocenters. The summed E-state index contributed by atoms with van der Waals surface area (Å²) in [5, 5.41) is 18.3. The molecule has 0 aromatic heterocycles. The number of carboxylic acid groups (broad SMARTS) is 1. The Morgan fingerprint density at radius 2 is 1.85 bits per heavy atom. The van der Waals surface area contributed by atoms with Crippen LogP contribution in [0.1, 0.15) is 16.8 Å².